The van der Waals surface area contributed by atoms with Crippen LogP contribution in [-0.4, -0.2) is 41.2 Å². The molecule has 1 unspecified atom stereocenters. The predicted molar refractivity (Wildman–Crippen MR) is 93.9 cm³/mol. The molecule has 1 saturated heterocycles. The summed E-state index contributed by atoms with van der Waals surface area (Å²) in [4.78, 5) is 25.7. The Balaban J connectivity index is 1.54. The first-order chi connectivity index (χ1) is 12.4. The van der Waals surface area contributed by atoms with E-state index in [0.29, 0.717) is 25.3 Å². The van der Waals surface area contributed by atoms with Crippen molar-refractivity contribution in [3.05, 3.63) is 58.3 Å². The summed E-state index contributed by atoms with van der Waals surface area (Å²) in [5.74, 6) is -0.153. The monoisotopic (exact) mass is 360 g/mol. The Morgan fingerprint density at radius 1 is 1.31 bits per heavy atom. The van der Waals surface area contributed by atoms with Crippen LogP contribution in [0, 0.1) is 12.7 Å². The SMILES string of the molecule is Cc1cc(OC2CCN(C(=O)COc3ccccc3F)C2)cc(=O)n1C. The first-order valence-corrected chi connectivity index (χ1v) is 8.43. The minimum atomic E-state index is -0.496. The molecule has 0 spiro atoms. The number of ether oxygens (including phenoxy) is 2. The zero-order chi connectivity index (χ0) is 18.7. The van der Waals surface area contributed by atoms with Gasteiger partial charge in [-0.3, -0.25) is 9.59 Å². The molecule has 0 N–H and O–H groups in total. The summed E-state index contributed by atoms with van der Waals surface area (Å²) < 4.78 is 26.2. The Bertz CT molecular complexity index is 865. The molecule has 6 nitrogen and oxygen atoms in total. The lowest BCUT2D eigenvalue weighted by atomic mass is 10.3. The topological polar surface area (TPSA) is 60.8 Å². The van der Waals surface area contributed by atoms with Gasteiger partial charge >= 0.3 is 0 Å². The highest BCUT2D eigenvalue weighted by molar-refractivity contribution is 5.78. The van der Waals surface area contributed by atoms with Crippen LogP contribution in [0.5, 0.6) is 11.5 Å². The van der Waals surface area contributed by atoms with Gasteiger partial charge in [0, 0.05) is 31.8 Å². The zero-order valence-corrected chi connectivity index (χ0v) is 14.8. The minimum absolute atomic E-state index is 0.0588. The molecular weight excluding hydrogens is 339 g/mol. The van der Waals surface area contributed by atoms with Crippen molar-refractivity contribution in [1.82, 2.24) is 9.47 Å². The number of hydrogen-bond acceptors (Lipinski definition) is 4. The Hall–Kier alpha value is -2.83. The third kappa shape index (κ3) is 4.04. The van der Waals surface area contributed by atoms with Gasteiger partial charge in [-0.25, -0.2) is 4.39 Å². The lowest BCUT2D eigenvalue weighted by Crippen LogP contribution is -2.34. The number of carbonyl (C=O) groups is 1. The molecule has 1 aromatic heterocycles. The van der Waals surface area contributed by atoms with E-state index in [-0.39, 0.29) is 29.9 Å². The molecule has 0 aliphatic carbocycles. The van der Waals surface area contributed by atoms with Crippen molar-refractivity contribution < 1.29 is 18.7 Å². The smallest absolute Gasteiger partial charge is 0.260 e. The van der Waals surface area contributed by atoms with Gasteiger partial charge in [-0.1, -0.05) is 12.1 Å². The van der Waals surface area contributed by atoms with Crippen molar-refractivity contribution >= 4 is 5.91 Å². The van der Waals surface area contributed by atoms with Gasteiger partial charge in [0.25, 0.3) is 11.5 Å². The lowest BCUT2D eigenvalue weighted by Gasteiger charge is -2.18. The number of rotatable bonds is 5. The average molecular weight is 360 g/mol. The summed E-state index contributed by atoms with van der Waals surface area (Å²) >= 11 is 0. The van der Waals surface area contributed by atoms with Crippen molar-refractivity contribution in [3.63, 3.8) is 0 Å². The molecule has 3 rings (SSSR count). The van der Waals surface area contributed by atoms with E-state index >= 15 is 0 Å². The maximum absolute atomic E-state index is 13.5. The second-order valence-electron chi connectivity index (χ2n) is 6.32. The number of hydrogen-bond donors (Lipinski definition) is 0. The number of amides is 1. The van der Waals surface area contributed by atoms with Gasteiger partial charge in [0.15, 0.2) is 18.2 Å². The van der Waals surface area contributed by atoms with Crippen LogP contribution in [0.15, 0.2) is 41.2 Å². The number of carbonyl (C=O) groups excluding carboxylic acids is 1. The van der Waals surface area contributed by atoms with E-state index in [9.17, 15) is 14.0 Å². The molecule has 7 heteroatoms. The maximum atomic E-state index is 13.5. The number of aromatic nitrogens is 1. The van der Waals surface area contributed by atoms with Gasteiger partial charge in [-0.05, 0) is 25.1 Å². The number of para-hydroxylation sites is 1. The molecule has 2 aromatic rings. The fourth-order valence-corrected chi connectivity index (χ4v) is 2.84. The van der Waals surface area contributed by atoms with Crippen molar-refractivity contribution in [2.24, 2.45) is 7.05 Å². The van der Waals surface area contributed by atoms with Gasteiger partial charge in [-0.15, -0.1) is 0 Å². The van der Waals surface area contributed by atoms with Crippen LogP contribution in [0.3, 0.4) is 0 Å². The molecule has 1 fully saturated rings. The van der Waals surface area contributed by atoms with Crippen molar-refractivity contribution in [3.8, 4) is 11.5 Å². The summed E-state index contributed by atoms with van der Waals surface area (Å²) in [7, 11) is 1.70. The molecule has 26 heavy (non-hydrogen) atoms. The normalized spacial score (nSPS) is 16.6. The van der Waals surface area contributed by atoms with E-state index < -0.39 is 5.82 Å². The molecule has 1 aliphatic heterocycles. The molecule has 2 heterocycles. The molecule has 0 saturated carbocycles. The standard InChI is InChI=1S/C19H21FN2O4/c1-13-9-15(10-18(23)21(13)2)26-14-7-8-22(11-14)19(24)12-25-17-6-4-3-5-16(17)20/h3-6,9-10,14H,7-8,11-12H2,1-2H3. The first-order valence-electron chi connectivity index (χ1n) is 8.43. The van der Waals surface area contributed by atoms with Crippen LogP contribution >= 0.6 is 0 Å². The molecule has 0 radical (unpaired) electrons. The van der Waals surface area contributed by atoms with Crippen LogP contribution in [-0.2, 0) is 11.8 Å². The highest BCUT2D eigenvalue weighted by Crippen LogP contribution is 2.19. The van der Waals surface area contributed by atoms with Crippen LogP contribution in [0.1, 0.15) is 12.1 Å². The third-order valence-corrected chi connectivity index (χ3v) is 4.46. The van der Waals surface area contributed by atoms with Gasteiger partial charge < -0.3 is 18.9 Å². The number of likely N-dealkylation sites (tertiary alicyclic amines) is 1. The maximum Gasteiger partial charge on any atom is 0.260 e. The second-order valence-corrected chi connectivity index (χ2v) is 6.32. The molecule has 0 bridgehead atoms. The van der Waals surface area contributed by atoms with E-state index in [4.69, 9.17) is 9.47 Å². The zero-order valence-electron chi connectivity index (χ0n) is 14.8. The van der Waals surface area contributed by atoms with Gasteiger partial charge in [0.2, 0.25) is 0 Å². The molecule has 1 aliphatic rings. The number of benzene rings is 1. The fraction of sp³-hybridized carbons (Fsp3) is 0.368. The quantitative estimate of drug-likeness (QED) is 0.817. The third-order valence-electron chi connectivity index (χ3n) is 4.46. The molecule has 1 amide bonds. The van der Waals surface area contributed by atoms with Crippen molar-refractivity contribution in [2.45, 2.75) is 19.4 Å². The summed E-state index contributed by atoms with van der Waals surface area (Å²) in [6, 6.07) is 9.22. The summed E-state index contributed by atoms with van der Waals surface area (Å²) in [5, 5.41) is 0. The average Bonchev–Trinajstić information content (AvgIpc) is 3.07. The summed E-state index contributed by atoms with van der Waals surface area (Å²) in [5.41, 5.74) is 0.668. The number of nitrogens with zero attached hydrogens (tertiary/aromatic N) is 2. The summed E-state index contributed by atoms with van der Waals surface area (Å²) in [6.45, 7) is 2.55. The lowest BCUT2D eigenvalue weighted by molar-refractivity contribution is -0.132. The highest BCUT2D eigenvalue weighted by atomic mass is 19.1. The second kappa shape index (κ2) is 7.59. The fourth-order valence-electron chi connectivity index (χ4n) is 2.84. The van der Waals surface area contributed by atoms with Crippen LogP contribution in [0.2, 0.25) is 0 Å². The number of aryl methyl sites for hydroxylation is 1. The summed E-state index contributed by atoms with van der Waals surface area (Å²) in [6.07, 6.45) is 0.485. The predicted octanol–water partition coefficient (Wildman–Crippen LogP) is 1.89. The Morgan fingerprint density at radius 2 is 2.08 bits per heavy atom. The van der Waals surface area contributed by atoms with Gasteiger partial charge in [-0.2, -0.15) is 0 Å². The van der Waals surface area contributed by atoms with E-state index in [1.165, 1.54) is 22.8 Å². The van der Waals surface area contributed by atoms with Crippen molar-refractivity contribution in [1.29, 1.82) is 0 Å². The van der Waals surface area contributed by atoms with Crippen LogP contribution in [0.4, 0.5) is 4.39 Å². The highest BCUT2D eigenvalue weighted by Gasteiger charge is 2.28. The van der Waals surface area contributed by atoms with E-state index in [0.717, 1.165) is 5.69 Å². The van der Waals surface area contributed by atoms with Crippen molar-refractivity contribution in [2.75, 3.05) is 19.7 Å². The Labute approximate surface area is 150 Å². The Kier molecular flexibility index (Phi) is 5.25. The number of halogens is 1. The minimum Gasteiger partial charge on any atom is -0.488 e. The molecular formula is C19H21FN2O4. The van der Waals surface area contributed by atoms with Gasteiger partial charge in [0.05, 0.1) is 6.54 Å². The van der Waals surface area contributed by atoms with E-state index in [1.807, 2.05) is 6.92 Å². The first kappa shape index (κ1) is 18.0. The molecule has 138 valence electrons. The van der Waals surface area contributed by atoms with Crippen LogP contribution < -0.4 is 15.0 Å². The van der Waals surface area contributed by atoms with E-state index in [1.54, 1.807) is 30.1 Å². The van der Waals surface area contributed by atoms with Gasteiger partial charge in [0.1, 0.15) is 11.9 Å². The van der Waals surface area contributed by atoms with E-state index in [2.05, 4.69) is 0 Å². The molecule has 1 atom stereocenters. The largest absolute Gasteiger partial charge is 0.488 e. The Morgan fingerprint density at radius 3 is 2.81 bits per heavy atom. The van der Waals surface area contributed by atoms with Crippen LogP contribution in [0.25, 0.3) is 0 Å². The molecule has 1 aromatic carbocycles. The number of pyridine rings is 1.